The van der Waals surface area contributed by atoms with Gasteiger partial charge in [-0.05, 0) is 57.7 Å². The van der Waals surface area contributed by atoms with Crippen molar-refractivity contribution in [3.63, 3.8) is 0 Å². The Labute approximate surface area is 125 Å². The number of amides is 1. The van der Waals surface area contributed by atoms with E-state index in [9.17, 15) is 4.79 Å². The molecule has 3 aliphatic rings. The summed E-state index contributed by atoms with van der Waals surface area (Å²) in [5, 5.41) is 3.05. The highest BCUT2D eigenvalue weighted by molar-refractivity contribution is 5.70. The maximum atomic E-state index is 11.9. The Morgan fingerprint density at radius 2 is 1.90 bits per heavy atom. The lowest BCUT2D eigenvalue weighted by Gasteiger charge is -2.70. The maximum Gasteiger partial charge on any atom is 0.408 e. The SMILES string of the molecule is COc1cccc(C23CC(NC(=O)OC(C)(C)C)(C2)C3)c1. The van der Waals surface area contributed by atoms with Gasteiger partial charge >= 0.3 is 6.09 Å². The fourth-order valence-corrected chi connectivity index (χ4v) is 3.70. The normalized spacial score (nSPS) is 29.9. The fraction of sp³-hybridized carbons (Fsp3) is 0.588. The molecule has 0 aliphatic heterocycles. The van der Waals surface area contributed by atoms with E-state index in [4.69, 9.17) is 9.47 Å². The van der Waals surface area contributed by atoms with E-state index in [1.165, 1.54) is 5.56 Å². The van der Waals surface area contributed by atoms with Gasteiger partial charge in [0, 0.05) is 11.0 Å². The molecule has 0 unspecified atom stereocenters. The number of hydrogen-bond donors (Lipinski definition) is 1. The summed E-state index contributed by atoms with van der Waals surface area (Å²) in [4.78, 5) is 11.9. The van der Waals surface area contributed by atoms with Gasteiger partial charge in [-0.3, -0.25) is 0 Å². The summed E-state index contributed by atoms with van der Waals surface area (Å²) in [7, 11) is 1.69. The van der Waals surface area contributed by atoms with Crippen molar-refractivity contribution < 1.29 is 14.3 Å². The molecule has 1 N–H and O–H groups in total. The van der Waals surface area contributed by atoms with Gasteiger partial charge in [-0.25, -0.2) is 4.79 Å². The Balaban J connectivity index is 1.60. The van der Waals surface area contributed by atoms with Gasteiger partial charge in [0.1, 0.15) is 11.4 Å². The number of ether oxygens (including phenoxy) is 2. The Morgan fingerprint density at radius 3 is 2.48 bits per heavy atom. The lowest BCUT2D eigenvalue weighted by atomic mass is 9.37. The second-order valence-corrected chi connectivity index (χ2v) is 7.45. The van der Waals surface area contributed by atoms with Crippen molar-refractivity contribution in [1.29, 1.82) is 0 Å². The molecule has 114 valence electrons. The topological polar surface area (TPSA) is 47.6 Å². The highest BCUT2D eigenvalue weighted by atomic mass is 16.6. The van der Waals surface area contributed by atoms with E-state index in [0.29, 0.717) is 0 Å². The molecular formula is C17H23NO3. The van der Waals surface area contributed by atoms with Gasteiger partial charge in [-0.15, -0.1) is 0 Å². The van der Waals surface area contributed by atoms with E-state index in [-0.39, 0.29) is 17.0 Å². The van der Waals surface area contributed by atoms with Gasteiger partial charge in [-0.2, -0.15) is 0 Å². The zero-order chi connectivity index (χ0) is 15.3. The molecule has 0 heterocycles. The van der Waals surface area contributed by atoms with Crippen LogP contribution in [0.5, 0.6) is 5.75 Å². The minimum atomic E-state index is -0.446. The average Bonchev–Trinajstić information content (AvgIpc) is 2.29. The smallest absolute Gasteiger partial charge is 0.408 e. The predicted octanol–water partition coefficient (Wildman–Crippen LogP) is 3.39. The van der Waals surface area contributed by atoms with Crippen LogP contribution in [0.3, 0.4) is 0 Å². The molecule has 4 rings (SSSR count). The number of alkyl carbamates (subject to hydrolysis) is 1. The van der Waals surface area contributed by atoms with E-state index < -0.39 is 5.60 Å². The second-order valence-electron chi connectivity index (χ2n) is 7.45. The van der Waals surface area contributed by atoms with Crippen LogP contribution >= 0.6 is 0 Å². The molecule has 21 heavy (non-hydrogen) atoms. The van der Waals surface area contributed by atoms with Crippen LogP contribution < -0.4 is 10.1 Å². The zero-order valence-electron chi connectivity index (χ0n) is 13.2. The Hall–Kier alpha value is -1.71. The first-order valence-electron chi connectivity index (χ1n) is 7.42. The van der Waals surface area contributed by atoms with Crippen LogP contribution in [0, 0.1) is 0 Å². The van der Waals surface area contributed by atoms with Crippen molar-refractivity contribution in [2.75, 3.05) is 7.11 Å². The summed E-state index contributed by atoms with van der Waals surface area (Å²) in [6, 6.07) is 8.25. The first-order chi connectivity index (χ1) is 9.76. The Kier molecular flexibility index (Phi) is 2.98. The molecule has 0 aromatic heterocycles. The number of carbonyl (C=O) groups is 1. The van der Waals surface area contributed by atoms with Crippen LogP contribution in [0.25, 0.3) is 0 Å². The molecule has 3 saturated carbocycles. The first kappa shape index (κ1) is 14.2. The number of nitrogens with one attached hydrogen (secondary N) is 1. The third kappa shape index (κ3) is 2.47. The quantitative estimate of drug-likeness (QED) is 0.927. The van der Waals surface area contributed by atoms with Crippen LogP contribution in [0.4, 0.5) is 4.79 Å². The summed E-state index contributed by atoms with van der Waals surface area (Å²) in [6.45, 7) is 5.64. The summed E-state index contributed by atoms with van der Waals surface area (Å²) in [6.07, 6.45) is 2.67. The van der Waals surface area contributed by atoms with Crippen LogP contribution in [0.1, 0.15) is 45.6 Å². The van der Waals surface area contributed by atoms with Crippen molar-refractivity contribution in [2.45, 2.75) is 56.6 Å². The van der Waals surface area contributed by atoms with Gasteiger partial charge in [0.25, 0.3) is 0 Å². The average molecular weight is 289 g/mol. The van der Waals surface area contributed by atoms with Crippen molar-refractivity contribution in [2.24, 2.45) is 0 Å². The molecular weight excluding hydrogens is 266 g/mol. The van der Waals surface area contributed by atoms with E-state index in [2.05, 4.69) is 17.4 Å². The van der Waals surface area contributed by atoms with Gasteiger partial charge in [0.15, 0.2) is 0 Å². The summed E-state index contributed by atoms with van der Waals surface area (Å²) < 4.78 is 10.6. The lowest BCUT2D eigenvalue weighted by Crippen LogP contribution is -2.76. The highest BCUT2D eigenvalue weighted by Gasteiger charge is 2.69. The highest BCUT2D eigenvalue weighted by Crippen LogP contribution is 2.67. The van der Waals surface area contributed by atoms with Gasteiger partial charge in [0.2, 0.25) is 0 Å². The molecule has 3 fully saturated rings. The van der Waals surface area contributed by atoms with E-state index in [1.807, 2.05) is 32.9 Å². The van der Waals surface area contributed by atoms with E-state index in [0.717, 1.165) is 25.0 Å². The predicted molar refractivity (Wildman–Crippen MR) is 80.6 cm³/mol. The molecule has 1 amide bonds. The maximum absolute atomic E-state index is 11.9. The molecule has 1 aromatic carbocycles. The minimum Gasteiger partial charge on any atom is -0.497 e. The number of carbonyl (C=O) groups excluding carboxylic acids is 1. The zero-order valence-corrected chi connectivity index (χ0v) is 13.2. The van der Waals surface area contributed by atoms with Gasteiger partial charge < -0.3 is 14.8 Å². The van der Waals surface area contributed by atoms with E-state index in [1.54, 1.807) is 7.11 Å². The number of rotatable bonds is 3. The minimum absolute atomic E-state index is 0.0502. The third-order valence-corrected chi connectivity index (χ3v) is 4.48. The summed E-state index contributed by atoms with van der Waals surface area (Å²) >= 11 is 0. The number of benzene rings is 1. The van der Waals surface area contributed by atoms with E-state index >= 15 is 0 Å². The van der Waals surface area contributed by atoms with Gasteiger partial charge in [-0.1, -0.05) is 12.1 Å². The second kappa shape index (κ2) is 4.39. The summed E-state index contributed by atoms with van der Waals surface area (Å²) in [5.74, 6) is 0.895. The van der Waals surface area contributed by atoms with Crippen LogP contribution in [-0.2, 0) is 10.2 Å². The molecule has 0 saturated heterocycles. The molecule has 0 atom stereocenters. The monoisotopic (exact) mass is 289 g/mol. The molecule has 3 aliphatic carbocycles. The molecule has 4 heteroatoms. The molecule has 2 bridgehead atoms. The molecule has 1 aromatic rings. The Bertz CT molecular complexity index is 554. The Morgan fingerprint density at radius 1 is 1.24 bits per heavy atom. The fourth-order valence-electron chi connectivity index (χ4n) is 3.70. The first-order valence-corrected chi connectivity index (χ1v) is 7.42. The van der Waals surface area contributed by atoms with Crippen LogP contribution in [0.2, 0.25) is 0 Å². The standard InChI is InChI=1S/C17H23NO3/c1-15(2,3)21-14(19)18-17-9-16(10-17,11-17)12-6-5-7-13(8-12)20-4/h5-8H,9-11H2,1-4H3,(H,18,19). The van der Waals surface area contributed by atoms with Crippen molar-refractivity contribution in [3.05, 3.63) is 29.8 Å². The molecule has 0 spiro atoms. The molecule has 4 nitrogen and oxygen atoms in total. The lowest BCUT2D eigenvalue weighted by molar-refractivity contribution is -0.0884. The van der Waals surface area contributed by atoms with Gasteiger partial charge in [0.05, 0.1) is 7.11 Å². The van der Waals surface area contributed by atoms with Crippen molar-refractivity contribution >= 4 is 6.09 Å². The third-order valence-electron chi connectivity index (χ3n) is 4.48. The van der Waals surface area contributed by atoms with Crippen LogP contribution in [0.15, 0.2) is 24.3 Å². The van der Waals surface area contributed by atoms with Crippen molar-refractivity contribution in [1.82, 2.24) is 5.32 Å². The molecule has 0 radical (unpaired) electrons. The van der Waals surface area contributed by atoms with Crippen LogP contribution in [-0.4, -0.2) is 24.3 Å². The number of hydrogen-bond acceptors (Lipinski definition) is 3. The number of methoxy groups -OCH3 is 1. The largest absolute Gasteiger partial charge is 0.497 e. The summed E-state index contributed by atoms with van der Waals surface area (Å²) in [5.41, 5.74) is 1.04. The van der Waals surface area contributed by atoms with Crippen molar-refractivity contribution in [3.8, 4) is 5.75 Å².